The van der Waals surface area contributed by atoms with Crippen molar-refractivity contribution in [3.8, 4) is 11.3 Å². The van der Waals surface area contributed by atoms with Gasteiger partial charge in [-0.1, -0.05) is 24.3 Å². The molecule has 0 saturated heterocycles. The Morgan fingerprint density at radius 2 is 2.06 bits per heavy atom. The predicted octanol–water partition coefficient (Wildman–Crippen LogP) is 3.83. The zero-order valence-corrected chi connectivity index (χ0v) is 11.3. The molecule has 1 aromatic heterocycles. The highest BCUT2D eigenvalue weighted by Gasteiger charge is 2.10. The zero-order chi connectivity index (χ0) is 13.0. The number of benzene rings is 1. The Morgan fingerprint density at radius 1 is 1.33 bits per heavy atom. The molecule has 1 heterocycles. The van der Waals surface area contributed by atoms with Crippen LogP contribution in [0.2, 0.25) is 0 Å². The van der Waals surface area contributed by atoms with Crippen LogP contribution < -0.4 is 0 Å². The lowest BCUT2D eigenvalue weighted by Gasteiger charge is -2.02. The summed E-state index contributed by atoms with van der Waals surface area (Å²) in [4.78, 5) is 4.15. The van der Waals surface area contributed by atoms with E-state index in [-0.39, 0.29) is 5.38 Å². The second-order valence-electron chi connectivity index (χ2n) is 4.12. The van der Waals surface area contributed by atoms with Crippen LogP contribution in [0.5, 0.6) is 0 Å². The maximum absolute atomic E-state index is 5.92. The Labute approximate surface area is 112 Å². The van der Waals surface area contributed by atoms with Crippen molar-refractivity contribution in [1.82, 2.24) is 4.98 Å². The molecule has 0 amide bonds. The molecule has 1 unspecified atom stereocenters. The fraction of sp³-hybridized carbons (Fsp3) is 0.357. The number of rotatable bonds is 5. The molecule has 1 aromatic carbocycles. The van der Waals surface area contributed by atoms with Crippen molar-refractivity contribution in [3.05, 3.63) is 41.9 Å². The SMILES string of the molecule is COCCc1ccc(-c2cnc(C(C)Cl)o2)cc1. The van der Waals surface area contributed by atoms with Gasteiger partial charge < -0.3 is 9.15 Å². The number of methoxy groups -OCH3 is 1. The van der Waals surface area contributed by atoms with E-state index in [4.69, 9.17) is 20.8 Å². The number of hydrogen-bond acceptors (Lipinski definition) is 3. The number of nitrogens with zero attached hydrogens (tertiary/aromatic N) is 1. The molecule has 4 heteroatoms. The first-order valence-electron chi connectivity index (χ1n) is 5.88. The highest BCUT2D eigenvalue weighted by Crippen LogP contribution is 2.25. The molecule has 0 radical (unpaired) electrons. The van der Waals surface area contributed by atoms with Gasteiger partial charge >= 0.3 is 0 Å². The summed E-state index contributed by atoms with van der Waals surface area (Å²) in [7, 11) is 1.71. The van der Waals surface area contributed by atoms with E-state index in [0.717, 1.165) is 24.4 Å². The van der Waals surface area contributed by atoms with Gasteiger partial charge in [0.15, 0.2) is 5.76 Å². The summed E-state index contributed by atoms with van der Waals surface area (Å²) in [5.74, 6) is 1.30. The number of alkyl halides is 1. The minimum atomic E-state index is -0.209. The monoisotopic (exact) mass is 265 g/mol. The molecular formula is C14H16ClNO2. The van der Waals surface area contributed by atoms with Gasteiger partial charge in [0.05, 0.1) is 12.8 Å². The van der Waals surface area contributed by atoms with Gasteiger partial charge in [-0.25, -0.2) is 4.98 Å². The summed E-state index contributed by atoms with van der Waals surface area (Å²) in [6.45, 7) is 2.57. The van der Waals surface area contributed by atoms with Gasteiger partial charge in [0.25, 0.3) is 0 Å². The Bertz CT molecular complexity index is 491. The molecule has 96 valence electrons. The smallest absolute Gasteiger partial charge is 0.212 e. The third kappa shape index (κ3) is 3.12. The molecule has 3 nitrogen and oxygen atoms in total. The van der Waals surface area contributed by atoms with Crippen molar-refractivity contribution in [3.63, 3.8) is 0 Å². The second kappa shape index (κ2) is 6.03. The summed E-state index contributed by atoms with van der Waals surface area (Å²) in [6.07, 6.45) is 2.62. The van der Waals surface area contributed by atoms with Gasteiger partial charge in [-0.15, -0.1) is 11.6 Å². The molecule has 1 atom stereocenters. The van der Waals surface area contributed by atoms with Gasteiger partial charge in [0.1, 0.15) is 5.38 Å². The topological polar surface area (TPSA) is 35.3 Å². The van der Waals surface area contributed by atoms with E-state index in [1.165, 1.54) is 5.56 Å². The van der Waals surface area contributed by atoms with E-state index in [9.17, 15) is 0 Å². The average molecular weight is 266 g/mol. The van der Waals surface area contributed by atoms with Crippen LogP contribution in [-0.4, -0.2) is 18.7 Å². The molecule has 2 rings (SSSR count). The third-order valence-electron chi connectivity index (χ3n) is 2.70. The maximum atomic E-state index is 5.92. The first-order valence-corrected chi connectivity index (χ1v) is 6.32. The number of aromatic nitrogens is 1. The molecule has 0 N–H and O–H groups in total. The molecule has 0 aliphatic carbocycles. The van der Waals surface area contributed by atoms with Crippen LogP contribution in [0.1, 0.15) is 23.8 Å². The van der Waals surface area contributed by atoms with Crippen LogP contribution >= 0.6 is 11.6 Å². The summed E-state index contributed by atoms with van der Waals surface area (Å²) in [6, 6.07) is 8.18. The summed E-state index contributed by atoms with van der Waals surface area (Å²) < 4.78 is 10.6. The number of halogens is 1. The molecule has 0 spiro atoms. The largest absolute Gasteiger partial charge is 0.439 e. The van der Waals surface area contributed by atoms with Crippen LogP contribution in [0, 0.1) is 0 Å². The first kappa shape index (κ1) is 13.1. The summed E-state index contributed by atoms with van der Waals surface area (Å²) in [5.41, 5.74) is 2.25. The number of hydrogen-bond donors (Lipinski definition) is 0. The van der Waals surface area contributed by atoms with Crippen molar-refractivity contribution in [1.29, 1.82) is 0 Å². The normalized spacial score (nSPS) is 12.6. The maximum Gasteiger partial charge on any atom is 0.212 e. The fourth-order valence-electron chi connectivity index (χ4n) is 1.66. The highest BCUT2D eigenvalue weighted by atomic mass is 35.5. The molecule has 0 bridgehead atoms. The standard InChI is InChI=1S/C14H16ClNO2/c1-10(15)14-16-9-13(18-14)12-5-3-11(4-6-12)7-8-17-2/h3-6,9-10H,7-8H2,1-2H3. The molecule has 18 heavy (non-hydrogen) atoms. The van der Waals surface area contributed by atoms with Gasteiger partial charge in [-0.05, 0) is 18.9 Å². The minimum absolute atomic E-state index is 0.209. The van der Waals surface area contributed by atoms with E-state index in [2.05, 4.69) is 17.1 Å². The van der Waals surface area contributed by atoms with Crippen molar-refractivity contribution in [2.75, 3.05) is 13.7 Å². The van der Waals surface area contributed by atoms with Gasteiger partial charge in [-0.3, -0.25) is 0 Å². The Morgan fingerprint density at radius 3 is 2.61 bits per heavy atom. The van der Waals surface area contributed by atoms with Crippen molar-refractivity contribution < 1.29 is 9.15 Å². The van der Waals surface area contributed by atoms with Crippen LogP contribution in [0.3, 0.4) is 0 Å². The van der Waals surface area contributed by atoms with Gasteiger partial charge in [0.2, 0.25) is 5.89 Å². The van der Waals surface area contributed by atoms with E-state index in [1.54, 1.807) is 13.3 Å². The summed E-state index contributed by atoms with van der Waals surface area (Å²) in [5, 5.41) is -0.209. The van der Waals surface area contributed by atoms with E-state index >= 15 is 0 Å². The molecule has 2 aromatic rings. The quantitative estimate of drug-likeness (QED) is 0.771. The minimum Gasteiger partial charge on any atom is -0.439 e. The molecule has 0 aliphatic rings. The lowest BCUT2D eigenvalue weighted by molar-refractivity contribution is 0.202. The molecule has 0 saturated carbocycles. The fourth-order valence-corrected chi connectivity index (χ4v) is 1.76. The lowest BCUT2D eigenvalue weighted by atomic mass is 10.1. The van der Waals surface area contributed by atoms with Crippen molar-refractivity contribution >= 4 is 11.6 Å². The van der Waals surface area contributed by atoms with Crippen molar-refractivity contribution in [2.24, 2.45) is 0 Å². The van der Waals surface area contributed by atoms with Crippen molar-refractivity contribution in [2.45, 2.75) is 18.7 Å². The van der Waals surface area contributed by atoms with Crippen LogP contribution in [0.4, 0.5) is 0 Å². The first-order chi connectivity index (χ1) is 8.70. The van der Waals surface area contributed by atoms with E-state index in [1.807, 2.05) is 19.1 Å². The zero-order valence-electron chi connectivity index (χ0n) is 10.5. The molecule has 0 aliphatic heterocycles. The summed E-state index contributed by atoms with van der Waals surface area (Å²) >= 11 is 5.92. The van der Waals surface area contributed by atoms with Gasteiger partial charge in [0, 0.05) is 12.7 Å². The highest BCUT2D eigenvalue weighted by molar-refractivity contribution is 6.20. The number of oxazole rings is 1. The van der Waals surface area contributed by atoms with Crippen LogP contribution in [0.25, 0.3) is 11.3 Å². The lowest BCUT2D eigenvalue weighted by Crippen LogP contribution is -1.93. The van der Waals surface area contributed by atoms with E-state index in [0.29, 0.717) is 5.89 Å². The van der Waals surface area contributed by atoms with Gasteiger partial charge in [-0.2, -0.15) is 0 Å². The Hall–Kier alpha value is -1.32. The van der Waals surface area contributed by atoms with Crippen LogP contribution in [-0.2, 0) is 11.2 Å². The predicted molar refractivity (Wildman–Crippen MR) is 71.8 cm³/mol. The molecular weight excluding hydrogens is 250 g/mol. The third-order valence-corrected chi connectivity index (χ3v) is 2.88. The second-order valence-corrected chi connectivity index (χ2v) is 4.77. The Kier molecular flexibility index (Phi) is 4.39. The number of ether oxygens (including phenoxy) is 1. The Balaban J connectivity index is 2.12. The average Bonchev–Trinajstić information content (AvgIpc) is 2.87. The van der Waals surface area contributed by atoms with Crippen LogP contribution in [0.15, 0.2) is 34.9 Å². The van der Waals surface area contributed by atoms with E-state index < -0.39 is 0 Å². The molecule has 0 fully saturated rings.